The molecule has 2 aliphatic heterocycles. The van der Waals surface area contributed by atoms with Gasteiger partial charge in [-0.15, -0.1) is 0 Å². The maximum Gasteiger partial charge on any atom is 0.275 e. The molecule has 3 heterocycles. The first-order valence-corrected chi connectivity index (χ1v) is 10.3. The number of carbonyl (C=O) groups is 1. The minimum atomic E-state index is 0.0655. The lowest BCUT2D eigenvalue weighted by molar-refractivity contribution is 0.0256. The first-order chi connectivity index (χ1) is 13.2. The van der Waals surface area contributed by atoms with Crippen molar-refractivity contribution in [2.24, 2.45) is 7.05 Å². The van der Waals surface area contributed by atoms with Crippen LogP contribution in [0, 0.1) is 0 Å². The Morgan fingerprint density at radius 1 is 1.19 bits per heavy atom. The van der Waals surface area contributed by atoms with Gasteiger partial charge < -0.3 is 14.5 Å². The summed E-state index contributed by atoms with van der Waals surface area (Å²) >= 11 is 0. The molecule has 146 valence electrons. The highest BCUT2D eigenvalue weighted by atomic mass is 16.5. The van der Waals surface area contributed by atoms with E-state index in [2.05, 4.69) is 14.9 Å². The van der Waals surface area contributed by atoms with Gasteiger partial charge in [0.1, 0.15) is 0 Å². The third-order valence-corrected chi connectivity index (χ3v) is 5.96. The van der Waals surface area contributed by atoms with Gasteiger partial charge in [-0.3, -0.25) is 9.48 Å². The Bertz CT molecular complexity index is 776. The van der Waals surface area contributed by atoms with E-state index in [0.29, 0.717) is 5.69 Å². The second-order valence-corrected chi connectivity index (χ2v) is 7.73. The van der Waals surface area contributed by atoms with Crippen molar-refractivity contribution in [3.05, 3.63) is 30.0 Å². The van der Waals surface area contributed by atoms with Gasteiger partial charge in [0.15, 0.2) is 5.69 Å². The highest BCUT2D eigenvalue weighted by Crippen LogP contribution is 2.23. The molecule has 1 aromatic heterocycles. The molecule has 0 N–H and O–H groups in total. The van der Waals surface area contributed by atoms with Crippen LogP contribution >= 0.6 is 0 Å². The van der Waals surface area contributed by atoms with Gasteiger partial charge in [-0.25, -0.2) is 0 Å². The molecule has 27 heavy (non-hydrogen) atoms. The summed E-state index contributed by atoms with van der Waals surface area (Å²) in [4.78, 5) is 18.1. The number of fused-ring (bicyclic) bond motifs is 1. The fourth-order valence-electron chi connectivity index (χ4n) is 4.39. The number of nitrogens with zero attached hydrogens (tertiary/aromatic N) is 4. The molecule has 0 unspecified atom stereocenters. The van der Waals surface area contributed by atoms with Crippen LogP contribution < -0.4 is 0 Å². The number of ether oxygens (including phenoxy) is 1. The zero-order valence-electron chi connectivity index (χ0n) is 16.3. The summed E-state index contributed by atoms with van der Waals surface area (Å²) in [6.07, 6.45) is 5.71. The molecule has 0 atom stereocenters. The average molecular weight is 370 g/mol. The van der Waals surface area contributed by atoms with Gasteiger partial charge in [0.05, 0.1) is 5.52 Å². The second kappa shape index (κ2) is 8.40. The van der Waals surface area contributed by atoms with Crippen molar-refractivity contribution >= 4 is 16.8 Å². The van der Waals surface area contributed by atoms with Crippen LogP contribution in [0.1, 0.15) is 42.6 Å². The molecular weight excluding hydrogens is 340 g/mol. The third kappa shape index (κ3) is 4.01. The van der Waals surface area contributed by atoms with E-state index < -0.39 is 0 Å². The SMILES string of the molecule is Cn1nc(C(=O)N(CCN2CCCCC2)C2CCOCC2)c2ccccc21. The van der Waals surface area contributed by atoms with Crippen LogP contribution in [0.3, 0.4) is 0 Å². The lowest BCUT2D eigenvalue weighted by Gasteiger charge is -2.36. The molecule has 6 nitrogen and oxygen atoms in total. The van der Waals surface area contributed by atoms with Gasteiger partial charge in [0, 0.05) is 44.8 Å². The first kappa shape index (κ1) is 18.4. The minimum absolute atomic E-state index is 0.0655. The number of hydrogen-bond donors (Lipinski definition) is 0. The molecule has 2 aliphatic rings. The van der Waals surface area contributed by atoms with E-state index in [4.69, 9.17) is 4.74 Å². The minimum Gasteiger partial charge on any atom is -0.381 e. The number of aryl methyl sites for hydroxylation is 1. The zero-order valence-corrected chi connectivity index (χ0v) is 16.3. The Labute approximate surface area is 161 Å². The topological polar surface area (TPSA) is 50.6 Å². The highest BCUT2D eigenvalue weighted by molar-refractivity contribution is 6.05. The van der Waals surface area contributed by atoms with Gasteiger partial charge >= 0.3 is 0 Å². The smallest absolute Gasteiger partial charge is 0.275 e. The van der Waals surface area contributed by atoms with Crippen LogP contribution in [0.4, 0.5) is 0 Å². The predicted octanol–water partition coefficient (Wildman–Crippen LogP) is 2.68. The van der Waals surface area contributed by atoms with Crippen molar-refractivity contribution < 1.29 is 9.53 Å². The number of hydrogen-bond acceptors (Lipinski definition) is 4. The summed E-state index contributed by atoms with van der Waals surface area (Å²) in [5.41, 5.74) is 1.59. The molecule has 1 aromatic carbocycles. The summed E-state index contributed by atoms with van der Waals surface area (Å²) < 4.78 is 7.35. The van der Waals surface area contributed by atoms with E-state index in [-0.39, 0.29) is 11.9 Å². The van der Waals surface area contributed by atoms with Crippen molar-refractivity contribution in [2.45, 2.75) is 38.1 Å². The van der Waals surface area contributed by atoms with Gasteiger partial charge in [-0.2, -0.15) is 5.10 Å². The van der Waals surface area contributed by atoms with Crippen LogP contribution in [0.2, 0.25) is 0 Å². The van der Waals surface area contributed by atoms with Crippen molar-refractivity contribution in [1.82, 2.24) is 19.6 Å². The van der Waals surface area contributed by atoms with Crippen molar-refractivity contribution in [3.8, 4) is 0 Å². The molecule has 4 rings (SSSR count). The van der Waals surface area contributed by atoms with Gasteiger partial charge in [-0.1, -0.05) is 24.6 Å². The van der Waals surface area contributed by atoms with E-state index in [1.165, 1.54) is 19.3 Å². The molecule has 2 fully saturated rings. The molecule has 0 spiro atoms. The fourth-order valence-corrected chi connectivity index (χ4v) is 4.39. The van der Waals surface area contributed by atoms with E-state index in [1.807, 2.05) is 36.0 Å². The predicted molar refractivity (Wildman–Crippen MR) is 106 cm³/mol. The van der Waals surface area contributed by atoms with Gasteiger partial charge in [0.2, 0.25) is 0 Å². The fraction of sp³-hybridized carbons (Fsp3) is 0.619. The van der Waals surface area contributed by atoms with Crippen molar-refractivity contribution in [2.75, 3.05) is 39.4 Å². The van der Waals surface area contributed by atoms with E-state index >= 15 is 0 Å². The molecule has 2 saturated heterocycles. The van der Waals surface area contributed by atoms with Gasteiger partial charge in [-0.05, 0) is 44.8 Å². The van der Waals surface area contributed by atoms with E-state index in [1.54, 1.807) is 0 Å². The number of amides is 1. The van der Waals surface area contributed by atoms with E-state index in [0.717, 1.165) is 63.1 Å². The molecule has 1 amide bonds. The van der Waals surface area contributed by atoms with Crippen LogP contribution in [0.5, 0.6) is 0 Å². The Kier molecular flexibility index (Phi) is 5.74. The van der Waals surface area contributed by atoms with E-state index in [9.17, 15) is 4.79 Å². The molecule has 0 saturated carbocycles. The molecule has 2 aromatic rings. The first-order valence-electron chi connectivity index (χ1n) is 10.3. The number of rotatable bonds is 5. The monoisotopic (exact) mass is 370 g/mol. The largest absolute Gasteiger partial charge is 0.381 e. The lowest BCUT2D eigenvalue weighted by Crippen LogP contribution is -2.47. The number of likely N-dealkylation sites (tertiary alicyclic amines) is 1. The zero-order chi connectivity index (χ0) is 18.6. The number of para-hydroxylation sites is 1. The third-order valence-electron chi connectivity index (χ3n) is 5.96. The van der Waals surface area contributed by atoms with Crippen LogP contribution in [-0.2, 0) is 11.8 Å². The Morgan fingerprint density at radius 2 is 1.93 bits per heavy atom. The summed E-state index contributed by atoms with van der Waals surface area (Å²) in [5.74, 6) is 0.0655. The Morgan fingerprint density at radius 3 is 2.70 bits per heavy atom. The summed E-state index contributed by atoms with van der Waals surface area (Å²) in [6.45, 7) is 5.51. The second-order valence-electron chi connectivity index (χ2n) is 7.73. The average Bonchev–Trinajstić information content (AvgIpc) is 3.07. The Hall–Kier alpha value is -1.92. The van der Waals surface area contributed by atoms with Crippen molar-refractivity contribution in [1.29, 1.82) is 0 Å². The maximum atomic E-state index is 13.5. The van der Waals surface area contributed by atoms with Crippen LogP contribution in [0.25, 0.3) is 10.9 Å². The molecule has 0 radical (unpaired) electrons. The number of carbonyl (C=O) groups excluding carboxylic acids is 1. The van der Waals surface area contributed by atoms with Crippen LogP contribution in [-0.4, -0.2) is 70.9 Å². The molecular formula is C21H30N4O2. The summed E-state index contributed by atoms with van der Waals surface area (Å²) in [7, 11) is 1.91. The molecule has 6 heteroatoms. The normalized spacial score (nSPS) is 19.4. The lowest BCUT2D eigenvalue weighted by atomic mass is 10.1. The number of aromatic nitrogens is 2. The number of benzene rings is 1. The Balaban J connectivity index is 1.57. The standard InChI is InChI=1S/C21H30N4O2/c1-23-19-8-4-3-7-18(19)20(22-23)21(26)25(17-9-15-27-16-10-17)14-13-24-11-5-2-6-12-24/h3-4,7-8,17H,2,5-6,9-16H2,1H3. The van der Waals surface area contributed by atoms with Crippen molar-refractivity contribution in [3.63, 3.8) is 0 Å². The quantitative estimate of drug-likeness (QED) is 0.812. The maximum absolute atomic E-state index is 13.5. The summed E-state index contributed by atoms with van der Waals surface area (Å²) in [6, 6.07) is 8.24. The number of piperidine rings is 1. The molecule has 0 bridgehead atoms. The van der Waals surface area contributed by atoms with Crippen LogP contribution in [0.15, 0.2) is 24.3 Å². The van der Waals surface area contributed by atoms with Gasteiger partial charge in [0.25, 0.3) is 5.91 Å². The highest BCUT2D eigenvalue weighted by Gasteiger charge is 2.29. The summed E-state index contributed by atoms with van der Waals surface area (Å²) in [5, 5.41) is 5.53. The molecule has 0 aliphatic carbocycles.